The van der Waals surface area contributed by atoms with Crippen LogP contribution in [0.3, 0.4) is 0 Å². The summed E-state index contributed by atoms with van der Waals surface area (Å²) in [6, 6.07) is 7.84. The van der Waals surface area contributed by atoms with Crippen LogP contribution in [0.25, 0.3) is 15.9 Å². The first-order valence-corrected chi connectivity index (χ1v) is 10.1. The Kier molecular flexibility index (Phi) is 4.53. The lowest BCUT2D eigenvalue weighted by Gasteiger charge is -2.10. The van der Waals surface area contributed by atoms with E-state index in [1.165, 1.54) is 23.5 Å². The van der Waals surface area contributed by atoms with E-state index < -0.39 is 0 Å². The van der Waals surface area contributed by atoms with Gasteiger partial charge < -0.3 is 5.32 Å². The molecule has 5 nitrogen and oxygen atoms in total. The van der Waals surface area contributed by atoms with Gasteiger partial charge in [0.05, 0.1) is 33.0 Å². The molecule has 0 aliphatic rings. The predicted octanol–water partition coefficient (Wildman–Crippen LogP) is 4.79. The molecule has 0 fully saturated rings. The molecule has 1 aromatic carbocycles. The van der Waals surface area contributed by atoms with E-state index in [1.807, 2.05) is 32.2 Å². The van der Waals surface area contributed by atoms with Gasteiger partial charge in [-0.25, -0.2) is 14.1 Å². The third-order valence-electron chi connectivity index (χ3n) is 4.27. The van der Waals surface area contributed by atoms with Gasteiger partial charge in [0.15, 0.2) is 0 Å². The molecule has 0 aliphatic carbocycles. The summed E-state index contributed by atoms with van der Waals surface area (Å²) in [6.45, 7) is 5.77. The maximum absolute atomic E-state index is 13.2. The number of fused-ring (bicyclic) bond motifs is 1. The highest BCUT2D eigenvalue weighted by atomic mass is 32.1. The summed E-state index contributed by atoms with van der Waals surface area (Å²) in [5.74, 6) is -0.434. The van der Waals surface area contributed by atoms with Crippen molar-refractivity contribution in [1.82, 2.24) is 20.1 Å². The molecule has 0 bridgehead atoms. The molecule has 0 spiro atoms. The molecule has 3 aromatic heterocycles. The maximum atomic E-state index is 13.2. The number of amides is 1. The maximum Gasteiger partial charge on any atom is 0.261 e. The zero-order chi connectivity index (χ0) is 19.1. The predicted molar refractivity (Wildman–Crippen MR) is 106 cm³/mol. The average Bonchev–Trinajstić information content (AvgIpc) is 3.32. The van der Waals surface area contributed by atoms with Crippen molar-refractivity contribution in [3.63, 3.8) is 0 Å². The second-order valence-corrected chi connectivity index (χ2v) is 8.38. The second kappa shape index (κ2) is 6.86. The molecule has 4 aromatic rings. The summed E-state index contributed by atoms with van der Waals surface area (Å²) < 4.78 is 15.0. The molecule has 1 amide bonds. The number of thiophene rings is 1. The SMILES string of the molecule is Cc1nc(C(C)NC(=O)c2cc3c(C)nn(-c4ccc(F)cc4)c3s2)cs1. The fraction of sp³-hybridized carbons (Fsp3) is 0.211. The van der Waals surface area contributed by atoms with Crippen LogP contribution in [0, 0.1) is 19.7 Å². The number of carbonyl (C=O) groups excluding carboxylic acids is 1. The Balaban J connectivity index is 1.64. The number of rotatable bonds is 4. The van der Waals surface area contributed by atoms with E-state index in [9.17, 15) is 9.18 Å². The molecule has 0 radical (unpaired) electrons. The van der Waals surface area contributed by atoms with Crippen LogP contribution in [0.2, 0.25) is 0 Å². The lowest BCUT2D eigenvalue weighted by molar-refractivity contribution is 0.0943. The Hall–Kier alpha value is -2.58. The van der Waals surface area contributed by atoms with E-state index in [0.29, 0.717) is 4.88 Å². The summed E-state index contributed by atoms with van der Waals surface area (Å²) in [6.07, 6.45) is 0. The molecule has 27 heavy (non-hydrogen) atoms. The first-order valence-electron chi connectivity index (χ1n) is 8.40. The van der Waals surface area contributed by atoms with Crippen LogP contribution in [0.5, 0.6) is 0 Å². The minimum Gasteiger partial charge on any atom is -0.343 e. The number of halogens is 1. The van der Waals surface area contributed by atoms with E-state index >= 15 is 0 Å². The highest BCUT2D eigenvalue weighted by Crippen LogP contribution is 2.31. The van der Waals surface area contributed by atoms with Gasteiger partial charge in [-0.3, -0.25) is 4.79 Å². The van der Waals surface area contributed by atoms with Gasteiger partial charge in [0.1, 0.15) is 10.6 Å². The van der Waals surface area contributed by atoms with Gasteiger partial charge in [0.2, 0.25) is 0 Å². The third kappa shape index (κ3) is 3.38. The second-order valence-electron chi connectivity index (χ2n) is 6.29. The number of aromatic nitrogens is 3. The first kappa shape index (κ1) is 17.8. The fourth-order valence-electron chi connectivity index (χ4n) is 2.84. The zero-order valence-corrected chi connectivity index (χ0v) is 16.6. The van der Waals surface area contributed by atoms with Crippen LogP contribution < -0.4 is 5.32 Å². The van der Waals surface area contributed by atoms with Gasteiger partial charge in [-0.1, -0.05) is 0 Å². The van der Waals surface area contributed by atoms with Crippen molar-refractivity contribution >= 4 is 38.8 Å². The van der Waals surface area contributed by atoms with Gasteiger partial charge in [-0.2, -0.15) is 5.10 Å². The molecule has 4 rings (SSSR count). The first-order chi connectivity index (χ1) is 12.9. The molecular weight excluding hydrogens is 383 g/mol. The number of nitrogens with zero attached hydrogens (tertiary/aromatic N) is 3. The number of carbonyl (C=O) groups is 1. The van der Waals surface area contributed by atoms with Gasteiger partial charge in [-0.15, -0.1) is 22.7 Å². The highest BCUT2D eigenvalue weighted by molar-refractivity contribution is 7.20. The van der Waals surface area contributed by atoms with Gasteiger partial charge in [-0.05, 0) is 51.1 Å². The quantitative estimate of drug-likeness (QED) is 0.536. The molecule has 1 N–H and O–H groups in total. The Morgan fingerprint density at radius 3 is 2.67 bits per heavy atom. The van der Waals surface area contributed by atoms with Crippen molar-refractivity contribution in [3.8, 4) is 5.69 Å². The van der Waals surface area contributed by atoms with Crippen LogP contribution in [0.4, 0.5) is 4.39 Å². The lowest BCUT2D eigenvalue weighted by atomic mass is 10.2. The molecule has 1 atom stereocenters. The molecule has 0 aliphatic heterocycles. The summed E-state index contributed by atoms with van der Waals surface area (Å²) in [5.41, 5.74) is 2.45. The van der Waals surface area contributed by atoms with Crippen molar-refractivity contribution in [1.29, 1.82) is 0 Å². The number of thiazole rings is 1. The molecule has 3 heterocycles. The molecule has 8 heteroatoms. The van der Waals surface area contributed by atoms with Crippen LogP contribution in [0.15, 0.2) is 35.7 Å². The summed E-state index contributed by atoms with van der Waals surface area (Å²) in [7, 11) is 0. The average molecular weight is 401 g/mol. The molecule has 138 valence electrons. The van der Waals surface area contributed by atoms with Crippen LogP contribution in [0.1, 0.15) is 39.0 Å². The van der Waals surface area contributed by atoms with E-state index in [-0.39, 0.29) is 17.8 Å². The van der Waals surface area contributed by atoms with Gasteiger partial charge >= 0.3 is 0 Å². The standard InChI is InChI=1S/C19H17FN4OS2/c1-10-15-8-17(18(25)21-11(2)16-9-26-12(3)22-16)27-19(15)24(23-10)14-6-4-13(20)5-7-14/h4-9,11H,1-3H3,(H,21,25). The van der Waals surface area contributed by atoms with E-state index in [1.54, 1.807) is 28.2 Å². The van der Waals surface area contributed by atoms with E-state index in [4.69, 9.17) is 0 Å². The lowest BCUT2D eigenvalue weighted by Crippen LogP contribution is -2.26. The Bertz CT molecular complexity index is 1130. The van der Waals surface area contributed by atoms with Crippen LogP contribution >= 0.6 is 22.7 Å². The summed E-state index contributed by atoms with van der Waals surface area (Å²) in [4.78, 5) is 18.6. The Morgan fingerprint density at radius 2 is 2.00 bits per heavy atom. The van der Waals surface area contributed by atoms with Crippen molar-refractivity contribution in [2.45, 2.75) is 26.8 Å². The Morgan fingerprint density at radius 1 is 1.26 bits per heavy atom. The molecule has 0 saturated heterocycles. The van der Waals surface area contributed by atoms with Crippen molar-refractivity contribution in [3.05, 3.63) is 62.8 Å². The highest BCUT2D eigenvalue weighted by Gasteiger charge is 2.19. The third-order valence-corrected chi connectivity index (χ3v) is 6.17. The number of hydrogen-bond donors (Lipinski definition) is 1. The molecular formula is C19H17FN4OS2. The van der Waals surface area contributed by atoms with Crippen molar-refractivity contribution < 1.29 is 9.18 Å². The normalized spacial score (nSPS) is 12.4. The van der Waals surface area contributed by atoms with Crippen molar-refractivity contribution in [2.75, 3.05) is 0 Å². The number of benzene rings is 1. The minimum atomic E-state index is -0.295. The largest absolute Gasteiger partial charge is 0.343 e. The topological polar surface area (TPSA) is 59.8 Å². The molecule has 0 saturated carbocycles. The van der Waals surface area contributed by atoms with E-state index in [0.717, 1.165) is 32.3 Å². The number of nitrogens with one attached hydrogen (secondary N) is 1. The zero-order valence-electron chi connectivity index (χ0n) is 15.0. The van der Waals surface area contributed by atoms with E-state index in [2.05, 4.69) is 15.4 Å². The fourth-order valence-corrected chi connectivity index (χ4v) is 4.63. The monoisotopic (exact) mass is 400 g/mol. The number of hydrogen-bond acceptors (Lipinski definition) is 5. The number of aryl methyl sites for hydroxylation is 2. The minimum absolute atomic E-state index is 0.139. The van der Waals surface area contributed by atoms with Crippen LogP contribution in [-0.4, -0.2) is 20.7 Å². The summed E-state index contributed by atoms with van der Waals surface area (Å²) in [5, 5.41) is 11.4. The van der Waals surface area contributed by atoms with Crippen molar-refractivity contribution in [2.24, 2.45) is 0 Å². The molecule has 1 unspecified atom stereocenters. The van der Waals surface area contributed by atoms with Crippen LogP contribution in [-0.2, 0) is 0 Å². The summed E-state index contributed by atoms with van der Waals surface area (Å²) >= 11 is 2.94. The van der Waals surface area contributed by atoms with Gasteiger partial charge in [0.25, 0.3) is 5.91 Å². The van der Waals surface area contributed by atoms with Gasteiger partial charge in [0, 0.05) is 10.8 Å². The smallest absolute Gasteiger partial charge is 0.261 e. The Labute approximate surface area is 163 Å².